The molecule has 150 valence electrons. The zero-order valence-electron chi connectivity index (χ0n) is 16.5. The van der Waals surface area contributed by atoms with E-state index in [4.69, 9.17) is 4.74 Å². The molecule has 3 aromatic rings. The molecule has 1 fully saturated rings. The van der Waals surface area contributed by atoms with E-state index in [-0.39, 0.29) is 17.7 Å². The van der Waals surface area contributed by atoms with Crippen LogP contribution in [0.5, 0.6) is 5.75 Å². The van der Waals surface area contributed by atoms with E-state index in [1.165, 1.54) is 12.1 Å². The van der Waals surface area contributed by atoms with Crippen molar-refractivity contribution in [1.82, 2.24) is 10.3 Å². The highest BCUT2D eigenvalue weighted by Crippen LogP contribution is 2.40. The number of benzene rings is 2. The number of fused-ring (bicyclic) bond motifs is 2. The molecule has 0 amide bonds. The van der Waals surface area contributed by atoms with Gasteiger partial charge in [-0.05, 0) is 79.6 Å². The monoisotopic (exact) mass is 392 g/mol. The van der Waals surface area contributed by atoms with Crippen molar-refractivity contribution in [2.24, 2.45) is 17.8 Å². The van der Waals surface area contributed by atoms with Gasteiger partial charge in [-0.2, -0.15) is 0 Å². The van der Waals surface area contributed by atoms with Gasteiger partial charge in [-0.15, -0.1) is 0 Å². The average Bonchev–Trinajstić information content (AvgIpc) is 3.10. The number of piperidine rings is 1. The summed E-state index contributed by atoms with van der Waals surface area (Å²) in [5.41, 5.74) is 3.79. The molecule has 1 aromatic heterocycles. The second-order valence-electron chi connectivity index (χ2n) is 8.38. The molecule has 0 radical (unpaired) electrons. The van der Waals surface area contributed by atoms with Crippen molar-refractivity contribution in [3.05, 3.63) is 54.0 Å². The summed E-state index contributed by atoms with van der Waals surface area (Å²) in [7, 11) is 0. The molecule has 5 rings (SSSR count). The molecule has 0 aliphatic carbocycles. The number of hydrogen-bond donors (Lipinski definition) is 2. The minimum absolute atomic E-state index is 0.106. The molecule has 2 aliphatic heterocycles. The smallest absolute Gasteiger partial charge is 0.314 e. The van der Waals surface area contributed by atoms with Crippen LogP contribution in [0, 0.1) is 23.6 Å². The third-order valence-electron chi connectivity index (χ3n) is 6.69. The normalized spacial score (nSPS) is 22.9. The molecular weight excluding hydrogens is 367 g/mol. The van der Waals surface area contributed by atoms with E-state index in [0.29, 0.717) is 17.6 Å². The second-order valence-corrected chi connectivity index (χ2v) is 8.38. The molecular formula is C24H25FN2O2. The van der Waals surface area contributed by atoms with E-state index >= 15 is 0 Å². The molecule has 1 saturated heterocycles. The number of nitrogens with one attached hydrogen (secondary N) is 2. The largest absolute Gasteiger partial charge is 0.426 e. The van der Waals surface area contributed by atoms with Crippen LogP contribution in [-0.4, -0.2) is 24.0 Å². The van der Waals surface area contributed by atoms with Gasteiger partial charge in [0.25, 0.3) is 0 Å². The van der Waals surface area contributed by atoms with Gasteiger partial charge in [-0.3, -0.25) is 4.79 Å². The van der Waals surface area contributed by atoms with Crippen molar-refractivity contribution in [3.63, 3.8) is 0 Å². The number of ether oxygens (including phenoxy) is 1. The minimum atomic E-state index is -0.264. The van der Waals surface area contributed by atoms with E-state index in [1.807, 2.05) is 19.2 Å². The Kier molecular flexibility index (Phi) is 4.63. The molecule has 5 heteroatoms. The Morgan fingerprint density at radius 1 is 1.10 bits per heavy atom. The van der Waals surface area contributed by atoms with Crippen molar-refractivity contribution >= 4 is 16.9 Å². The number of hydrogen-bond acceptors (Lipinski definition) is 3. The second kappa shape index (κ2) is 7.30. The zero-order chi connectivity index (χ0) is 20.0. The summed E-state index contributed by atoms with van der Waals surface area (Å²) in [4.78, 5) is 15.9. The summed E-state index contributed by atoms with van der Waals surface area (Å²) >= 11 is 0. The van der Waals surface area contributed by atoms with E-state index in [2.05, 4.69) is 22.4 Å². The van der Waals surface area contributed by atoms with Crippen LogP contribution >= 0.6 is 0 Å². The molecule has 2 N–H and O–H groups in total. The molecule has 0 spiro atoms. The van der Waals surface area contributed by atoms with Gasteiger partial charge in [0.2, 0.25) is 0 Å². The molecule has 2 aromatic carbocycles. The van der Waals surface area contributed by atoms with Crippen molar-refractivity contribution < 1.29 is 13.9 Å². The molecule has 2 aliphatic rings. The number of rotatable bonds is 2. The highest BCUT2D eigenvalue weighted by Gasteiger charge is 2.36. The van der Waals surface area contributed by atoms with Crippen LogP contribution in [0.15, 0.2) is 42.6 Å². The molecule has 29 heavy (non-hydrogen) atoms. The number of carbonyl (C=O) groups is 1. The lowest BCUT2D eigenvalue weighted by Gasteiger charge is -2.32. The van der Waals surface area contributed by atoms with Crippen LogP contribution in [0.3, 0.4) is 0 Å². The topological polar surface area (TPSA) is 54.1 Å². The average molecular weight is 392 g/mol. The van der Waals surface area contributed by atoms with E-state index < -0.39 is 0 Å². The van der Waals surface area contributed by atoms with Gasteiger partial charge in [0.15, 0.2) is 0 Å². The summed E-state index contributed by atoms with van der Waals surface area (Å²) in [5, 5.41) is 4.36. The maximum atomic E-state index is 13.5. The zero-order valence-corrected chi connectivity index (χ0v) is 16.5. The Balaban J connectivity index is 1.51. The first-order chi connectivity index (χ1) is 14.1. The first-order valence-electron chi connectivity index (χ1n) is 10.4. The molecule has 2 unspecified atom stereocenters. The third kappa shape index (κ3) is 3.33. The van der Waals surface area contributed by atoms with Crippen molar-refractivity contribution in [1.29, 1.82) is 0 Å². The van der Waals surface area contributed by atoms with Gasteiger partial charge in [0.1, 0.15) is 11.6 Å². The number of esters is 1. The lowest BCUT2D eigenvalue weighted by Crippen LogP contribution is -2.36. The number of H-pyrrole nitrogens is 1. The summed E-state index contributed by atoms with van der Waals surface area (Å²) in [6.07, 6.45) is 4.97. The van der Waals surface area contributed by atoms with Gasteiger partial charge >= 0.3 is 5.97 Å². The summed E-state index contributed by atoms with van der Waals surface area (Å²) < 4.78 is 19.3. The van der Waals surface area contributed by atoms with Gasteiger partial charge in [-0.1, -0.05) is 19.1 Å². The van der Waals surface area contributed by atoms with Gasteiger partial charge in [0, 0.05) is 22.7 Å². The molecule has 4 nitrogen and oxygen atoms in total. The van der Waals surface area contributed by atoms with Gasteiger partial charge in [0.05, 0.1) is 5.92 Å². The fraction of sp³-hybridized carbons (Fsp3) is 0.375. The predicted molar refractivity (Wildman–Crippen MR) is 111 cm³/mol. The van der Waals surface area contributed by atoms with Crippen molar-refractivity contribution in [2.75, 3.05) is 13.1 Å². The number of carbonyl (C=O) groups excluding carboxylic acids is 1. The van der Waals surface area contributed by atoms with Crippen LogP contribution in [0.25, 0.3) is 22.0 Å². The fourth-order valence-corrected chi connectivity index (χ4v) is 4.98. The Morgan fingerprint density at radius 3 is 2.76 bits per heavy atom. The Morgan fingerprint density at radius 2 is 1.93 bits per heavy atom. The van der Waals surface area contributed by atoms with Crippen LogP contribution in [-0.2, 0) is 11.2 Å². The number of halogens is 1. The van der Waals surface area contributed by atoms with Gasteiger partial charge in [-0.25, -0.2) is 4.39 Å². The van der Waals surface area contributed by atoms with Gasteiger partial charge < -0.3 is 15.0 Å². The van der Waals surface area contributed by atoms with E-state index in [1.54, 1.807) is 6.07 Å². The number of aromatic amines is 1. The van der Waals surface area contributed by atoms with Crippen molar-refractivity contribution in [2.45, 2.75) is 26.2 Å². The van der Waals surface area contributed by atoms with E-state index in [0.717, 1.165) is 59.9 Å². The molecule has 0 bridgehead atoms. The summed E-state index contributed by atoms with van der Waals surface area (Å²) in [6.45, 7) is 4.06. The van der Waals surface area contributed by atoms with Crippen molar-refractivity contribution in [3.8, 4) is 16.9 Å². The molecule has 0 saturated carbocycles. The first-order valence-corrected chi connectivity index (χ1v) is 10.4. The van der Waals surface area contributed by atoms with Crippen LogP contribution in [0.2, 0.25) is 0 Å². The summed E-state index contributed by atoms with van der Waals surface area (Å²) in [6, 6.07) is 10.9. The van der Waals surface area contributed by atoms with Crippen LogP contribution < -0.4 is 10.1 Å². The lowest BCUT2D eigenvalue weighted by atomic mass is 9.75. The standard InChI is InChI=1S/C24H25FN2O2/c1-14-20(15-6-8-26-9-7-15)10-17-3-2-16(11-23(17)29-24(14)28)21-13-27-22-12-18(25)4-5-19(21)22/h2-5,11-15,20,26-27H,6-10H2,1H3. The number of aromatic nitrogens is 1. The first kappa shape index (κ1) is 18.4. The maximum Gasteiger partial charge on any atom is 0.314 e. The highest BCUT2D eigenvalue weighted by atomic mass is 19.1. The lowest BCUT2D eigenvalue weighted by molar-refractivity contribution is -0.140. The summed E-state index contributed by atoms with van der Waals surface area (Å²) in [5.74, 6) is 1.02. The molecule has 3 heterocycles. The Labute approximate surface area is 169 Å². The Hall–Kier alpha value is -2.66. The highest BCUT2D eigenvalue weighted by molar-refractivity contribution is 5.96. The van der Waals surface area contributed by atoms with Crippen LogP contribution in [0.4, 0.5) is 4.39 Å². The Bertz CT molecular complexity index is 1070. The molecule has 2 atom stereocenters. The maximum absolute atomic E-state index is 13.5. The predicted octanol–water partition coefficient (Wildman–Crippen LogP) is 4.69. The van der Waals surface area contributed by atoms with E-state index in [9.17, 15) is 9.18 Å². The quantitative estimate of drug-likeness (QED) is 0.492. The third-order valence-corrected chi connectivity index (χ3v) is 6.69. The fourth-order valence-electron chi connectivity index (χ4n) is 4.98. The minimum Gasteiger partial charge on any atom is -0.426 e. The SMILES string of the molecule is CC1C(=O)Oc2cc(-c3c[nH]c4cc(F)ccc34)ccc2CC1C1CCNCC1. The van der Waals surface area contributed by atoms with Crippen LogP contribution in [0.1, 0.15) is 25.3 Å².